The van der Waals surface area contributed by atoms with Gasteiger partial charge >= 0.3 is 5.97 Å². The SMILES string of the molecule is COC(=O)c1ccc(C2C(C(C)=O)=C(OC)C(=O)N2CCc2c[nH]c3ccccc23)cc1. The van der Waals surface area contributed by atoms with Gasteiger partial charge in [0.15, 0.2) is 11.5 Å². The maximum Gasteiger partial charge on any atom is 0.337 e. The number of carbonyl (C=O) groups excluding carboxylic acids is 3. The number of ether oxygens (including phenoxy) is 2. The Morgan fingerprint density at radius 1 is 1.06 bits per heavy atom. The van der Waals surface area contributed by atoms with E-state index in [1.54, 1.807) is 29.2 Å². The molecule has 1 unspecified atom stereocenters. The van der Waals surface area contributed by atoms with E-state index in [2.05, 4.69) is 4.98 Å². The van der Waals surface area contributed by atoms with Crippen molar-refractivity contribution in [3.63, 3.8) is 0 Å². The van der Waals surface area contributed by atoms with Gasteiger partial charge in [-0.05, 0) is 42.7 Å². The number of fused-ring (bicyclic) bond motifs is 1. The third kappa shape index (κ3) is 3.66. The molecule has 1 aliphatic rings. The highest BCUT2D eigenvalue weighted by Crippen LogP contribution is 2.39. The molecule has 1 aliphatic heterocycles. The summed E-state index contributed by atoms with van der Waals surface area (Å²) in [5.74, 6) is -0.931. The fourth-order valence-electron chi connectivity index (χ4n) is 4.27. The highest BCUT2D eigenvalue weighted by atomic mass is 16.5. The Bertz CT molecular complexity index is 1220. The van der Waals surface area contributed by atoms with Crippen LogP contribution in [0.25, 0.3) is 10.9 Å². The Kier molecular flexibility index (Phi) is 5.81. The molecule has 2 aromatic carbocycles. The number of rotatable bonds is 7. The number of para-hydroxylation sites is 1. The van der Waals surface area contributed by atoms with Crippen molar-refractivity contribution in [2.75, 3.05) is 20.8 Å². The molecule has 3 aromatic rings. The molecule has 2 heterocycles. The number of hydrogen-bond donors (Lipinski definition) is 1. The molecular weight excluding hydrogens is 408 g/mol. The monoisotopic (exact) mass is 432 g/mol. The van der Waals surface area contributed by atoms with Gasteiger partial charge < -0.3 is 19.4 Å². The van der Waals surface area contributed by atoms with Crippen molar-refractivity contribution in [2.45, 2.75) is 19.4 Å². The normalized spacial score (nSPS) is 16.0. The molecule has 0 saturated carbocycles. The minimum absolute atomic E-state index is 0.0680. The molecule has 1 amide bonds. The Balaban J connectivity index is 1.68. The third-order valence-corrected chi connectivity index (χ3v) is 5.81. The Morgan fingerprint density at radius 2 is 1.78 bits per heavy atom. The number of nitrogens with zero attached hydrogens (tertiary/aromatic N) is 1. The van der Waals surface area contributed by atoms with Crippen molar-refractivity contribution >= 4 is 28.6 Å². The summed E-state index contributed by atoms with van der Waals surface area (Å²) in [6.07, 6.45) is 2.55. The van der Waals surface area contributed by atoms with E-state index in [0.29, 0.717) is 24.1 Å². The van der Waals surface area contributed by atoms with Crippen molar-refractivity contribution < 1.29 is 23.9 Å². The maximum absolute atomic E-state index is 13.2. The average molecular weight is 432 g/mol. The summed E-state index contributed by atoms with van der Waals surface area (Å²) < 4.78 is 10.1. The second-order valence-corrected chi connectivity index (χ2v) is 7.63. The number of aromatic amines is 1. The number of amides is 1. The lowest BCUT2D eigenvalue weighted by Gasteiger charge is -2.26. The fraction of sp³-hybridized carbons (Fsp3) is 0.240. The topological polar surface area (TPSA) is 88.7 Å². The number of benzene rings is 2. The first-order valence-corrected chi connectivity index (χ1v) is 10.3. The van der Waals surface area contributed by atoms with Crippen LogP contribution in [0.2, 0.25) is 0 Å². The minimum Gasteiger partial charge on any atom is -0.491 e. The van der Waals surface area contributed by atoms with Gasteiger partial charge in [0, 0.05) is 23.6 Å². The number of methoxy groups -OCH3 is 2. The zero-order chi connectivity index (χ0) is 22.8. The first-order chi connectivity index (χ1) is 15.5. The summed E-state index contributed by atoms with van der Waals surface area (Å²) in [5.41, 5.74) is 3.56. The molecule has 1 aromatic heterocycles. The summed E-state index contributed by atoms with van der Waals surface area (Å²) in [6, 6.07) is 14.1. The molecule has 0 saturated heterocycles. The first kappa shape index (κ1) is 21.4. The number of carbonyl (C=O) groups is 3. The molecule has 0 aliphatic carbocycles. The quantitative estimate of drug-likeness (QED) is 0.577. The van der Waals surface area contributed by atoms with E-state index in [1.165, 1.54) is 21.1 Å². The van der Waals surface area contributed by atoms with Gasteiger partial charge in [-0.2, -0.15) is 0 Å². The van der Waals surface area contributed by atoms with Crippen LogP contribution in [0.1, 0.15) is 34.5 Å². The van der Waals surface area contributed by atoms with Crippen LogP contribution in [0.5, 0.6) is 0 Å². The van der Waals surface area contributed by atoms with Gasteiger partial charge in [-0.25, -0.2) is 4.79 Å². The average Bonchev–Trinajstić information content (AvgIpc) is 3.35. The first-order valence-electron chi connectivity index (χ1n) is 10.3. The number of Topliss-reactive ketones (excluding diaryl/α,β-unsaturated/α-hetero) is 1. The van der Waals surface area contributed by atoms with Crippen molar-refractivity contribution in [3.8, 4) is 0 Å². The molecule has 0 spiro atoms. The lowest BCUT2D eigenvalue weighted by Crippen LogP contribution is -2.33. The molecule has 7 nitrogen and oxygen atoms in total. The predicted octanol–water partition coefficient (Wildman–Crippen LogP) is 3.57. The summed E-state index contributed by atoms with van der Waals surface area (Å²) in [7, 11) is 2.72. The van der Waals surface area contributed by atoms with Crippen molar-refractivity contribution in [2.24, 2.45) is 0 Å². The van der Waals surface area contributed by atoms with Crippen molar-refractivity contribution in [1.29, 1.82) is 0 Å². The Morgan fingerprint density at radius 3 is 2.44 bits per heavy atom. The largest absolute Gasteiger partial charge is 0.491 e. The second-order valence-electron chi connectivity index (χ2n) is 7.63. The van der Waals surface area contributed by atoms with Crippen LogP contribution in [0.4, 0.5) is 0 Å². The molecule has 164 valence electrons. The van der Waals surface area contributed by atoms with Crippen LogP contribution < -0.4 is 0 Å². The van der Waals surface area contributed by atoms with Crippen molar-refractivity contribution in [1.82, 2.24) is 9.88 Å². The van der Waals surface area contributed by atoms with Gasteiger partial charge in [0.2, 0.25) is 0 Å². The highest BCUT2D eigenvalue weighted by Gasteiger charge is 2.43. The zero-order valence-electron chi connectivity index (χ0n) is 18.2. The van der Waals surface area contributed by atoms with Gasteiger partial charge in [0.25, 0.3) is 5.91 Å². The minimum atomic E-state index is -0.591. The Hall–Kier alpha value is -3.87. The second kappa shape index (κ2) is 8.70. The van der Waals surface area contributed by atoms with E-state index in [0.717, 1.165) is 22.0 Å². The number of hydrogen-bond acceptors (Lipinski definition) is 5. The standard InChI is InChI=1S/C25H24N2O5/c1-15(28)21-22(16-8-10-17(11-9-16)25(30)32-3)27(24(29)23(21)31-2)13-12-18-14-26-20-7-5-4-6-19(18)20/h4-11,14,22,26H,12-13H2,1-3H3. The molecule has 0 fully saturated rings. The van der Waals surface area contributed by atoms with Crippen LogP contribution in [0.15, 0.2) is 66.1 Å². The number of nitrogens with one attached hydrogen (secondary N) is 1. The molecule has 1 N–H and O–H groups in total. The molecule has 32 heavy (non-hydrogen) atoms. The highest BCUT2D eigenvalue weighted by molar-refractivity contribution is 6.08. The lowest BCUT2D eigenvalue weighted by atomic mass is 9.95. The lowest BCUT2D eigenvalue weighted by molar-refractivity contribution is -0.129. The van der Waals surface area contributed by atoms with E-state index in [1.807, 2.05) is 30.5 Å². The number of ketones is 1. The van der Waals surface area contributed by atoms with Gasteiger partial charge in [-0.3, -0.25) is 9.59 Å². The number of esters is 1. The van der Waals surface area contributed by atoms with Crippen LogP contribution >= 0.6 is 0 Å². The maximum atomic E-state index is 13.2. The summed E-state index contributed by atoms with van der Waals surface area (Å²) in [6.45, 7) is 1.83. The van der Waals surface area contributed by atoms with E-state index in [4.69, 9.17) is 9.47 Å². The van der Waals surface area contributed by atoms with Crippen LogP contribution in [-0.2, 0) is 25.5 Å². The zero-order valence-corrected chi connectivity index (χ0v) is 18.2. The molecule has 0 bridgehead atoms. The van der Waals surface area contributed by atoms with E-state index < -0.39 is 12.0 Å². The fourth-order valence-corrected chi connectivity index (χ4v) is 4.27. The smallest absolute Gasteiger partial charge is 0.337 e. The molecule has 1 atom stereocenters. The van der Waals surface area contributed by atoms with Crippen LogP contribution in [0, 0.1) is 0 Å². The van der Waals surface area contributed by atoms with E-state index in [9.17, 15) is 14.4 Å². The molecule has 7 heteroatoms. The van der Waals surface area contributed by atoms with Gasteiger partial charge in [-0.15, -0.1) is 0 Å². The van der Waals surface area contributed by atoms with Crippen LogP contribution in [0.3, 0.4) is 0 Å². The van der Waals surface area contributed by atoms with E-state index >= 15 is 0 Å². The Labute approximate surface area is 185 Å². The molecule has 4 rings (SSSR count). The van der Waals surface area contributed by atoms with E-state index in [-0.39, 0.29) is 17.4 Å². The number of H-pyrrole nitrogens is 1. The number of aromatic nitrogens is 1. The van der Waals surface area contributed by atoms with Crippen LogP contribution in [-0.4, -0.2) is 48.3 Å². The molecular formula is C25H24N2O5. The summed E-state index contributed by atoms with van der Waals surface area (Å²) in [4.78, 5) is 42.4. The van der Waals surface area contributed by atoms with Crippen molar-refractivity contribution in [3.05, 3.63) is 82.8 Å². The van der Waals surface area contributed by atoms with Gasteiger partial charge in [0.1, 0.15) is 0 Å². The summed E-state index contributed by atoms with van der Waals surface area (Å²) >= 11 is 0. The third-order valence-electron chi connectivity index (χ3n) is 5.81. The molecule has 0 radical (unpaired) electrons. The van der Waals surface area contributed by atoms with Gasteiger partial charge in [-0.1, -0.05) is 30.3 Å². The predicted molar refractivity (Wildman–Crippen MR) is 119 cm³/mol. The van der Waals surface area contributed by atoms with Gasteiger partial charge in [0.05, 0.1) is 31.4 Å². The summed E-state index contributed by atoms with van der Waals surface area (Å²) in [5, 5.41) is 1.10.